The number of rotatable bonds is 8. The largest absolute Gasteiger partial charge is 0.369 e. The predicted octanol–water partition coefficient (Wildman–Crippen LogP) is 5.45. The molecule has 31 heavy (non-hydrogen) atoms. The number of benzene rings is 1. The van der Waals surface area contributed by atoms with Gasteiger partial charge in [0.05, 0.1) is 35.7 Å². The van der Waals surface area contributed by atoms with E-state index in [4.69, 9.17) is 15.5 Å². The lowest BCUT2D eigenvalue weighted by atomic mass is 9.93. The van der Waals surface area contributed by atoms with Gasteiger partial charge in [0.15, 0.2) is 0 Å². The Morgan fingerprint density at radius 2 is 1.68 bits per heavy atom. The van der Waals surface area contributed by atoms with E-state index in [2.05, 4.69) is 72.4 Å². The van der Waals surface area contributed by atoms with Gasteiger partial charge < -0.3 is 4.90 Å². The Bertz CT molecular complexity index is 887. The number of thiazole rings is 1. The van der Waals surface area contributed by atoms with Crippen molar-refractivity contribution < 1.29 is 0 Å². The Balaban J connectivity index is 1.53. The zero-order valence-corrected chi connectivity index (χ0v) is 19.8. The highest BCUT2D eigenvalue weighted by molar-refractivity contribution is 7.09. The number of piperidine rings is 1. The van der Waals surface area contributed by atoms with E-state index in [-0.39, 0.29) is 5.41 Å². The first-order valence-corrected chi connectivity index (χ1v) is 12.0. The fraction of sp³-hybridized carbons (Fsp3) is 0.560. The molecule has 0 bridgehead atoms. The van der Waals surface area contributed by atoms with Crippen molar-refractivity contribution in [2.75, 3.05) is 31.1 Å². The van der Waals surface area contributed by atoms with Crippen LogP contribution >= 0.6 is 11.3 Å². The molecule has 1 aliphatic heterocycles. The van der Waals surface area contributed by atoms with Crippen molar-refractivity contribution in [3.05, 3.63) is 45.9 Å². The van der Waals surface area contributed by atoms with E-state index in [1.807, 2.05) is 11.3 Å². The van der Waals surface area contributed by atoms with E-state index in [0.717, 1.165) is 25.3 Å². The van der Waals surface area contributed by atoms with Crippen molar-refractivity contribution in [3.63, 3.8) is 0 Å². The van der Waals surface area contributed by atoms with Crippen molar-refractivity contribution >= 4 is 17.0 Å². The second-order valence-corrected chi connectivity index (χ2v) is 10.2. The molecule has 2 heterocycles. The summed E-state index contributed by atoms with van der Waals surface area (Å²) in [6.07, 6.45) is 3.29. The van der Waals surface area contributed by atoms with Gasteiger partial charge in [-0.05, 0) is 43.6 Å². The highest BCUT2D eigenvalue weighted by Gasteiger charge is 2.25. The predicted molar refractivity (Wildman–Crippen MR) is 127 cm³/mol. The van der Waals surface area contributed by atoms with Crippen LogP contribution < -0.4 is 4.90 Å². The summed E-state index contributed by atoms with van der Waals surface area (Å²) in [5, 5.41) is 21.3. The van der Waals surface area contributed by atoms with E-state index in [1.54, 1.807) is 0 Å². The van der Waals surface area contributed by atoms with Crippen molar-refractivity contribution in [1.82, 2.24) is 9.88 Å². The monoisotopic (exact) mass is 435 g/mol. The van der Waals surface area contributed by atoms with Crippen LogP contribution in [0.1, 0.15) is 68.6 Å². The standard InChI is InChI=1S/C25H33N5S/c1-25(2,3)23-19-31-24(28-23)21-10-16-29(17-11-21)18-20-6-8-22(9-7-20)30(14-4-12-26)15-5-13-27/h6-9,19,21H,4-5,10-11,14-18H2,1-3H3. The maximum Gasteiger partial charge on any atom is 0.0960 e. The molecule has 0 radical (unpaired) electrons. The molecule has 0 aliphatic carbocycles. The molecule has 0 atom stereocenters. The summed E-state index contributed by atoms with van der Waals surface area (Å²) in [4.78, 5) is 9.60. The van der Waals surface area contributed by atoms with Crippen molar-refractivity contribution in [2.24, 2.45) is 0 Å². The van der Waals surface area contributed by atoms with Gasteiger partial charge in [0.25, 0.3) is 0 Å². The first-order valence-electron chi connectivity index (χ1n) is 11.2. The summed E-state index contributed by atoms with van der Waals surface area (Å²) in [5.74, 6) is 0.591. The maximum atomic E-state index is 8.89. The SMILES string of the molecule is CC(C)(C)c1csc(C2CCN(Cc3ccc(N(CCC#N)CCC#N)cc3)CC2)n1. The summed E-state index contributed by atoms with van der Waals surface area (Å²) < 4.78 is 0. The molecule has 5 nitrogen and oxygen atoms in total. The normalized spacial score (nSPS) is 15.4. The van der Waals surface area contributed by atoms with Crippen LogP contribution in [0.4, 0.5) is 5.69 Å². The van der Waals surface area contributed by atoms with Gasteiger partial charge in [-0.1, -0.05) is 32.9 Å². The van der Waals surface area contributed by atoms with Gasteiger partial charge in [-0.25, -0.2) is 4.98 Å². The minimum Gasteiger partial charge on any atom is -0.369 e. The lowest BCUT2D eigenvalue weighted by Crippen LogP contribution is -2.32. The molecule has 0 saturated carbocycles. The van der Waals surface area contributed by atoms with Crippen LogP contribution in [0.25, 0.3) is 0 Å². The van der Waals surface area contributed by atoms with Gasteiger partial charge >= 0.3 is 0 Å². The van der Waals surface area contributed by atoms with Crippen LogP contribution in [0.15, 0.2) is 29.6 Å². The summed E-state index contributed by atoms with van der Waals surface area (Å²) in [5.41, 5.74) is 3.74. The fourth-order valence-corrected chi connectivity index (χ4v) is 5.19. The van der Waals surface area contributed by atoms with E-state index in [0.29, 0.717) is 31.8 Å². The summed E-state index contributed by atoms with van der Waals surface area (Å²) in [7, 11) is 0. The third-order valence-electron chi connectivity index (χ3n) is 5.92. The molecule has 0 N–H and O–H groups in total. The number of likely N-dealkylation sites (tertiary alicyclic amines) is 1. The quantitative estimate of drug-likeness (QED) is 0.551. The Morgan fingerprint density at radius 3 is 2.19 bits per heavy atom. The van der Waals surface area contributed by atoms with E-state index in [1.165, 1.54) is 29.1 Å². The van der Waals surface area contributed by atoms with Gasteiger partial charge in [-0.2, -0.15) is 10.5 Å². The highest BCUT2D eigenvalue weighted by atomic mass is 32.1. The Labute approximate surface area is 190 Å². The molecule has 164 valence electrons. The molecular weight excluding hydrogens is 402 g/mol. The minimum atomic E-state index is 0.125. The molecule has 0 amide bonds. The average Bonchev–Trinajstić information content (AvgIpc) is 3.26. The number of anilines is 1. The van der Waals surface area contributed by atoms with Crippen LogP contribution in [-0.4, -0.2) is 36.1 Å². The van der Waals surface area contributed by atoms with Gasteiger partial charge in [0.1, 0.15) is 0 Å². The third-order valence-corrected chi connectivity index (χ3v) is 6.93. The first kappa shape index (κ1) is 23.3. The van der Waals surface area contributed by atoms with Crippen molar-refractivity contribution in [1.29, 1.82) is 10.5 Å². The Kier molecular flexibility index (Phi) is 8.07. The van der Waals surface area contributed by atoms with Crippen LogP contribution in [-0.2, 0) is 12.0 Å². The molecule has 0 unspecified atom stereocenters. The molecule has 1 aromatic carbocycles. The third kappa shape index (κ3) is 6.53. The van der Waals surface area contributed by atoms with Crippen LogP contribution in [0, 0.1) is 22.7 Å². The molecule has 2 aromatic rings. The van der Waals surface area contributed by atoms with Crippen molar-refractivity contribution in [2.45, 2.75) is 64.3 Å². The highest BCUT2D eigenvalue weighted by Crippen LogP contribution is 2.33. The van der Waals surface area contributed by atoms with Crippen LogP contribution in [0.2, 0.25) is 0 Å². The molecule has 1 aliphatic rings. The van der Waals surface area contributed by atoms with Gasteiger partial charge in [0.2, 0.25) is 0 Å². The minimum absolute atomic E-state index is 0.125. The fourth-order valence-electron chi connectivity index (χ4n) is 3.97. The van der Waals surface area contributed by atoms with Gasteiger partial charge in [0, 0.05) is 42.0 Å². The molecule has 1 fully saturated rings. The topological polar surface area (TPSA) is 67.0 Å². The smallest absolute Gasteiger partial charge is 0.0960 e. The molecule has 3 rings (SSSR count). The van der Waals surface area contributed by atoms with E-state index < -0.39 is 0 Å². The van der Waals surface area contributed by atoms with E-state index >= 15 is 0 Å². The Hall–Kier alpha value is -2.41. The average molecular weight is 436 g/mol. The number of nitrogens with zero attached hydrogens (tertiary/aromatic N) is 5. The second kappa shape index (κ2) is 10.8. The molecular formula is C25H33N5S. The van der Waals surface area contributed by atoms with E-state index in [9.17, 15) is 0 Å². The van der Waals surface area contributed by atoms with Gasteiger partial charge in [-0.3, -0.25) is 4.90 Å². The first-order chi connectivity index (χ1) is 14.9. The summed E-state index contributed by atoms with van der Waals surface area (Å²) in [6.45, 7) is 11.2. The number of hydrogen-bond acceptors (Lipinski definition) is 6. The maximum absolute atomic E-state index is 8.89. The molecule has 1 aromatic heterocycles. The van der Waals surface area contributed by atoms with Crippen LogP contribution in [0.5, 0.6) is 0 Å². The number of aromatic nitrogens is 1. The van der Waals surface area contributed by atoms with Crippen LogP contribution in [0.3, 0.4) is 0 Å². The number of hydrogen-bond donors (Lipinski definition) is 0. The van der Waals surface area contributed by atoms with Gasteiger partial charge in [-0.15, -0.1) is 11.3 Å². The second-order valence-electron chi connectivity index (χ2n) is 9.34. The lowest BCUT2D eigenvalue weighted by Gasteiger charge is -2.31. The zero-order valence-electron chi connectivity index (χ0n) is 19.0. The van der Waals surface area contributed by atoms with Crippen molar-refractivity contribution in [3.8, 4) is 12.1 Å². The number of nitriles is 2. The summed E-state index contributed by atoms with van der Waals surface area (Å²) >= 11 is 1.83. The molecule has 6 heteroatoms. The summed E-state index contributed by atoms with van der Waals surface area (Å²) in [6, 6.07) is 13.0. The Morgan fingerprint density at radius 1 is 1.06 bits per heavy atom. The zero-order chi connectivity index (χ0) is 22.3. The molecule has 1 saturated heterocycles. The molecule has 0 spiro atoms. The lowest BCUT2D eigenvalue weighted by molar-refractivity contribution is 0.204.